The summed E-state index contributed by atoms with van der Waals surface area (Å²) in [5.74, 6) is 0.391. The molecule has 0 saturated carbocycles. The summed E-state index contributed by atoms with van der Waals surface area (Å²) in [6.07, 6.45) is 1.04. The van der Waals surface area contributed by atoms with Crippen molar-refractivity contribution >= 4 is 11.8 Å². The van der Waals surface area contributed by atoms with Crippen molar-refractivity contribution < 1.29 is 19.1 Å². The fraction of sp³-hybridized carbons (Fsp3) is 0.579. The van der Waals surface area contributed by atoms with Crippen LogP contribution in [0.3, 0.4) is 0 Å². The number of rotatable bonds is 7. The SMILES string of the molecule is CCOc1c(C(=O)CCCC(=O)OC)cc(C)cc1C(C)(C)C. The zero-order valence-corrected chi connectivity index (χ0v) is 15.1. The van der Waals surface area contributed by atoms with Crippen LogP contribution in [-0.2, 0) is 14.9 Å². The third-order valence-corrected chi connectivity index (χ3v) is 3.64. The van der Waals surface area contributed by atoms with E-state index < -0.39 is 0 Å². The Hall–Kier alpha value is -1.84. The number of Topliss-reactive ketones (excluding diaryl/α,β-unsaturated/α-hetero) is 1. The van der Waals surface area contributed by atoms with Crippen molar-refractivity contribution in [3.8, 4) is 5.75 Å². The molecule has 4 nitrogen and oxygen atoms in total. The second-order valence-electron chi connectivity index (χ2n) is 6.73. The molecule has 0 unspecified atom stereocenters. The Kier molecular flexibility index (Phi) is 6.79. The molecule has 0 saturated heterocycles. The van der Waals surface area contributed by atoms with Crippen LogP contribution in [0, 0.1) is 6.92 Å². The molecule has 0 amide bonds. The standard InChI is InChI=1S/C19H28O4/c1-7-23-18-14(16(20)9-8-10-17(21)22-6)11-13(2)12-15(18)19(3,4)5/h11-12H,7-10H2,1-6H3. The molecule has 0 aliphatic carbocycles. The van der Waals surface area contributed by atoms with Crippen LogP contribution in [0.1, 0.15) is 68.4 Å². The van der Waals surface area contributed by atoms with E-state index in [-0.39, 0.29) is 23.6 Å². The first kappa shape index (κ1) is 19.2. The Morgan fingerprint density at radius 1 is 1.13 bits per heavy atom. The number of ether oxygens (including phenoxy) is 2. The zero-order chi connectivity index (χ0) is 17.6. The molecule has 0 atom stereocenters. The van der Waals surface area contributed by atoms with Gasteiger partial charge in [0.25, 0.3) is 0 Å². The molecule has 0 radical (unpaired) electrons. The Bertz CT molecular complexity index is 567. The molecule has 0 aliphatic rings. The molecular weight excluding hydrogens is 292 g/mol. The molecule has 1 rings (SSSR count). The van der Waals surface area contributed by atoms with Crippen LogP contribution in [0.25, 0.3) is 0 Å². The van der Waals surface area contributed by atoms with Crippen LogP contribution in [-0.4, -0.2) is 25.5 Å². The molecule has 4 heteroatoms. The number of hydrogen-bond donors (Lipinski definition) is 0. The summed E-state index contributed by atoms with van der Waals surface area (Å²) in [6.45, 7) is 10.7. The predicted octanol–water partition coefficient (Wildman–Crippen LogP) is 4.22. The highest BCUT2D eigenvalue weighted by atomic mass is 16.5. The first-order chi connectivity index (χ1) is 10.7. The zero-order valence-electron chi connectivity index (χ0n) is 15.1. The van der Waals surface area contributed by atoms with Gasteiger partial charge in [0, 0.05) is 18.4 Å². The van der Waals surface area contributed by atoms with Crippen molar-refractivity contribution in [1.82, 2.24) is 0 Å². The Labute approximate surface area is 139 Å². The second-order valence-corrected chi connectivity index (χ2v) is 6.73. The average molecular weight is 320 g/mol. The van der Waals surface area contributed by atoms with Crippen LogP contribution in [0.15, 0.2) is 12.1 Å². The molecule has 128 valence electrons. The second kappa shape index (κ2) is 8.14. The molecule has 1 aromatic rings. The van der Waals surface area contributed by atoms with E-state index in [0.29, 0.717) is 30.8 Å². The van der Waals surface area contributed by atoms with Crippen molar-refractivity contribution in [3.63, 3.8) is 0 Å². The van der Waals surface area contributed by atoms with E-state index in [2.05, 4.69) is 31.6 Å². The van der Waals surface area contributed by atoms with Gasteiger partial charge >= 0.3 is 5.97 Å². The summed E-state index contributed by atoms with van der Waals surface area (Å²) in [7, 11) is 1.35. The Balaban J connectivity index is 3.11. The summed E-state index contributed by atoms with van der Waals surface area (Å²) >= 11 is 0. The van der Waals surface area contributed by atoms with Gasteiger partial charge in [0.2, 0.25) is 0 Å². The van der Waals surface area contributed by atoms with Gasteiger partial charge in [-0.3, -0.25) is 9.59 Å². The minimum absolute atomic E-state index is 0.00607. The van der Waals surface area contributed by atoms with Crippen LogP contribution < -0.4 is 4.74 Å². The summed E-state index contributed by atoms with van der Waals surface area (Å²) in [4.78, 5) is 23.8. The lowest BCUT2D eigenvalue weighted by molar-refractivity contribution is -0.140. The molecular formula is C19H28O4. The van der Waals surface area contributed by atoms with E-state index in [1.807, 2.05) is 19.9 Å². The minimum Gasteiger partial charge on any atom is -0.493 e. The molecule has 1 aromatic carbocycles. The van der Waals surface area contributed by atoms with Crippen molar-refractivity contribution in [3.05, 3.63) is 28.8 Å². The lowest BCUT2D eigenvalue weighted by Gasteiger charge is -2.25. The maximum atomic E-state index is 12.6. The van der Waals surface area contributed by atoms with Gasteiger partial charge in [-0.1, -0.05) is 26.8 Å². The number of carbonyl (C=O) groups is 2. The number of ketones is 1. The maximum Gasteiger partial charge on any atom is 0.305 e. The van der Waals surface area contributed by atoms with Gasteiger partial charge < -0.3 is 9.47 Å². The van der Waals surface area contributed by atoms with Gasteiger partial charge in [-0.2, -0.15) is 0 Å². The monoisotopic (exact) mass is 320 g/mol. The summed E-state index contributed by atoms with van der Waals surface area (Å²) in [6, 6.07) is 3.96. The highest BCUT2D eigenvalue weighted by Crippen LogP contribution is 2.36. The van der Waals surface area contributed by atoms with Crippen LogP contribution in [0.5, 0.6) is 5.75 Å². The van der Waals surface area contributed by atoms with E-state index in [9.17, 15) is 9.59 Å². The van der Waals surface area contributed by atoms with Gasteiger partial charge in [0.05, 0.1) is 19.3 Å². The van der Waals surface area contributed by atoms with E-state index in [4.69, 9.17) is 4.74 Å². The van der Waals surface area contributed by atoms with E-state index in [0.717, 1.165) is 11.1 Å². The number of methoxy groups -OCH3 is 1. The number of carbonyl (C=O) groups excluding carboxylic acids is 2. The van der Waals surface area contributed by atoms with Gasteiger partial charge in [0.15, 0.2) is 5.78 Å². The number of hydrogen-bond acceptors (Lipinski definition) is 4. The predicted molar refractivity (Wildman–Crippen MR) is 91.2 cm³/mol. The van der Waals surface area contributed by atoms with Crippen molar-refractivity contribution in [1.29, 1.82) is 0 Å². The number of esters is 1. The summed E-state index contributed by atoms with van der Waals surface area (Å²) in [5.41, 5.74) is 2.57. The fourth-order valence-corrected chi connectivity index (χ4v) is 2.47. The van der Waals surface area contributed by atoms with Crippen molar-refractivity contribution in [2.45, 2.75) is 59.3 Å². The molecule has 23 heavy (non-hydrogen) atoms. The lowest BCUT2D eigenvalue weighted by Crippen LogP contribution is -2.17. The molecule has 0 fully saturated rings. The topological polar surface area (TPSA) is 52.6 Å². The maximum absolute atomic E-state index is 12.6. The first-order valence-electron chi connectivity index (χ1n) is 8.08. The highest BCUT2D eigenvalue weighted by molar-refractivity contribution is 5.99. The average Bonchev–Trinajstić information content (AvgIpc) is 2.47. The van der Waals surface area contributed by atoms with Gasteiger partial charge in [-0.15, -0.1) is 0 Å². The quantitative estimate of drug-likeness (QED) is 0.557. The van der Waals surface area contributed by atoms with Gasteiger partial charge in [-0.25, -0.2) is 0 Å². The molecule has 0 bridgehead atoms. The number of benzene rings is 1. The van der Waals surface area contributed by atoms with Crippen LogP contribution in [0.4, 0.5) is 0 Å². The minimum atomic E-state index is -0.289. The third kappa shape index (κ3) is 5.38. The highest BCUT2D eigenvalue weighted by Gasteiger charge is 2.24. The molecule has 0 aromatic heterocycles. The smallest absolute Gasteiger partial charge is 0.305 e. The molecule has 0 N–H and O–H groups in total. The summed E-state index contributed by atoms with van der Waals surface area (Å²) in [5, 5.41) is 0. The lowest BCUT2D eigenvalue weighted by atomic mass is 9.83. The first-order valence-corrected chi connectivity index (χ1v) is 8.08. The molecule has 0 aliphatic heterocycles. The normalized spacial score (nSPS) is 11.2. The fourth-order valence-electron chi connectivity index (χ4n) is 2.47. The van der Waals surface area contributed by atoms with Crippen LogP contribution in [0.2, 0.25) is 0 Å². The van der Waals surface area contributed by atoms with Crippen molar-refractivity contribution in [2.24, 2.45) is 0 Å². The van der Waals surface area contributed by atoms with Gasteiger partial charge in [0.1, 0.15) is 5.75 Å². The molecule has 0 spiro atoms. The molecule has 0 heterocycles. The Morgan fingerprint density at radius 3 is 2.30 bits per heavy atom. The van der Waals surface area contributed by atoms with E-state index in [1.165, 1.54) is 7.11 Å². The number of aryl methyl sites for hydroxylation is 1. The van der Waals surface area contributed by atoms with E-state index in [1.54, 1.807) is 0 Å². The van der Waals surface area contributed by atoms with Crippen LogP contribution >= 0.6 is 0 Å². The third-order valence-electron chi connectivity index (χ3n) is 3.64. The van der Waals surface area contributed by atoms with Gasteiger partial charge in [-0.05, 0) is 37.3 Å². The largest absolute Gasteiger partial charge is 0.493 e. The van der Waals surface area contributed by atoms with E-state index >= 15 is 0 Å². The Morgan fingerprint density at radius 2 is 1.78 bits per heavy atom. The summed E-state index contributed by atoms with van der Waals surface area (Å²) < 4.78 is 10.4. The van der Waals surface area contributed by atoms with Crippen molar-refractivity contribution in [2.75, 3.05) is 13.7 Å².